The van der Waals surface area contributed by atoms with Crippen LogP contribution >= 0.6 is 0 Å². The highest BCUT2D eigenvalue weighted by Crippen LogP contribution is 2.17. The molecule has 6 nitrogen and oxygen atoms in total. The van der Waals surface area contributed by atoms with Gasteiger partial charge in [0.2, 0.25) is 0 Å². The van der Waals surface area contributed by atoms with Crippen molar-refractivity contribution in [2.24, 2.45) is 0 Å². The molecule has 0 radical (unpaired) electrons. The van der Waals surface area contributed by atoms with E-state index in [1.54, 1.807) is 0 Å². The number of rotatable bonds is 26. The van der Waals surface area contributed by atoms with Gasteiger partial charge in [-0.3, -0.25) is 0 Å². The van der Waals surface area contributed by atoms with Gasteiger partial charge in [0.15, 0.2) is 0 Å². The molecule has 0 aliphatic rings. The molecule has 0 spiro atoms. The van der Waals surface area contributed by atoms with E-state index >= 15 is 0 Å². The average molecular weight is 494 g/mol. The highest BCUT2D eigenvalue weighted by atomic mass is 32.2. The van der Waals surface area contributed by atoms with E-state index in [9.17, 15) is 13.0 Å². The van der Waals surface area contributed by atoms with Gasteiger partial charge < -0.3 is 18.5 Å². The molecule has 0 rings (SSSR count). The Bertz CT molecular complexity index is 499. The first-order valence-electron chi connectivity index (χ1n) is 13.8. The molecule has 0 aliphatic carbocycles. The number of hydrogen-bond acceptors (Lipinski definition) is 5. The summed E-state index contributed by atoms with van der Waals surface area (Å²) in [5.41, 5.74) is 0. The van der Waals surface area contributed by atoms with Gasteiger partial charge >= 0.3 is 0 Å². The lowest BCUT2D eigenvalue weighted by atomic mass is 10.1. The molecule has 7 heteroatoms. The molecule has 0 heterocycles. The van der Waals surface area contributed by atoms with Crippen LogP contribution in [0.15, 0.2) is 0 Å². The van der Waals surface area contributed by atoms with Crippen molar-refractivity contribution in [1.29, 1.82) is 0 Å². The van der Waals surface area contributed by atoms with Crippen LogP contribution in [0.5, 0.6) is 0 Å². The normalized spacial score (nSPS) is 12.5. The lowest BCUT2D eigenvalue weighted by Crippen LogP contribution is -2.52. The molecular weight excluding hydrogens is 438 g/mol. The van der Waals surface area contributed by atoms with Crippen LogP contribution in [0.2, 0.25) is 0 Å². The molecule has 0 unspecified atom stereocenters. The number of unbranched alkanes of at least 4 members (excludes halogenated alkanes) is 10. The summed E-state index contributed by atoms with van der Waals surface area (Å²) in [6.07, 6.45) is 16.0. The van der Waals surface area contributed by atoms with Crippen LogP contribution in [-0.2, 0) is 19.6 Å². The maximum Gasteiger partial charge on any atom is 0.102 e. The Morgan fingerprint density at radius 3 is 1.48 bits per heavy atom. The molecule has 0 aliphatic heterocycles. The summed E-state index contributed by atoms with van der Waals surface area (Å²) in [7, 11) is -4.13. The van der Waals surface area contributed by atoms with Crippen molar-refractivity contribution in [3.05, 3.63) is 0 Å². The van der Waals surface area contributed by atoms with Crippen molar-refractivity contribution in [3.8, 4) is 0 Å². The Kier molecular flexibility index (Phi) is 22.1. The van der Waals surface area contributed by atoms with E-state index in [2.05, 4.69) is 20.8 Å². The number of nitrogens with zero attached hydrogens (tertiary/aromatic N) is 1. The van der Waals surface area contributed by atoms with E-state index < -0.39 is 10.1 Å². The molecular formula is C26H55NO5S. The predicted molar refractivity (Wildman–Crippen MR) is 138 cm³/mol. The highest BCUT2D eigenvalue weighted by molar-refractivity contribution is 7.85. The predicted octanol–water partition coefficient (Wildman–Crippen LogP) is 5.90. The third-order valence-corrected chi connectivity index (χ3v) is 7.26. The summed E-state index contributed by atoms with van der Waals surface area (Å²) in [4.78, 5) is 0. The molecule has 0 amide bonds. The molecule has 33 heavy (non-hydrogen) atoms. The third-order valence-electron chi connectivity index (χ3n) is 6.47. The largest absolute Gasteiger partial charge is 0.748 e. The van der Waals surface area contributed by atoms with Gasteiger partial charge in [-0.25, -0.2) is 8.42 Å². The monoisotopic (exact) mass is 493 g/mol. The molecule has 0 bridgehead atoms. The maximum atomic E-state index is 11.0. The second-order valence-electron chi connectivity index (χ2n) is 9.61. The van der Waals surface area contributed by atoms with Crippen LogP contribution in [0.4, 0.5) is 0 Å². The lowest BCUT2D eigenvalue weighted by molar-refractivity contribution is -0.929. The zero-order chi connectivity index (χ0) is 24.7. The summed E-state index contributed by atoms with van der Waals surface area (Å²) in [6.45, 7) is 13.6. The van der Waals surface area contributed by atoms with Crippen LogP contribution in [-0.4, -0.2) is 75.8 Å². The molecule has 0 aromatic heterocycles. The summed E-state index contributed by atoms with van der Waals surface area (Å²) in [5.74, 6) is -0.244. The smallest absolute Gasteiger partial charge is 0.102 e. The summed E-state index contributed by atoms with van der Waals surface area (Å²) in [5, 5.41) is 0. The van der Waals surface area contributed by atoms with Crippen molar-refractivity contribution < 1.29 is 26.9 Å². The fraction of sp³-hybridized carbons (Fsp3) is 1.00. The van der Waals surface area contributed by atoms with Gasteiger partial charge in [-0.05, 0) is 44.9 Å². The fourth-order valence-electron chi connectivity index (χ4n) is 4.32. The minimum Gasteiger partial charge on any atom is -0.748 e. The van der Waals surface area contributed by atoms with Crippen LogP contribution in [0.3, 0.4) is 0 Å². The van der Waals surface area contributed by atoms with Gasteiger partial charge in [0.1, 0.15) is 6.54 Å². The quantitative estimate of drug-likeness (QED) is 0.0851. The van der Waals surface area contributed by atoms with E-state index in [0.29, 0.717) is 26.2 Å². The SMILES string of the molecule is CCCCCCC[N+](CCCCCCC)(CCCCS(=O)(=O)[O-])CCOCCOCCCC. The maximum absolute atomic E-state index is 11.0. The molecule has 0 atom stereocenters. The Hall–Kier alpha value is -0.210. The first kappa shape index (κ1) is 32.8. The Morgan fingerprint density at radius 1 is 0.545 bits per heavy atom. The first-order valence-corrected chi connectivity index (χ1v) is 15.4. The van der Waals surface area contributed by atoms with Crippen molar-refractivity contribution in [1.82, 2.24) is 0 Å². The van der Waals surface area contributed by atoms with Crippen molar-refractivity contribution in [2.45, 2.75) is 111 Å². The van der Waals surface area contributed by atoms with Crippen molar-refractivity contribution in [2.75, 3.05) is 58.4 Å². The number of hydrogen-bond donors (Lipinski definition) is 0. The van der Waals surface area contributed by atoms with Crippen LogP contribution < -0.4 is 0 Å². The van der Waals surface area contributed by atoms with E-state index in [-0.39, 0.29) is 5.75 Å². The van der Waals surface area contributed by atoms with Crippen molar-refractivity contribution >= 4 is 10.1 Å². The standard InChI is InChI=1S/C26H55NO5S/c1-4-7-10-12-14-18-27(19-15-13-11-8-5-2,20-16-17-26-33(28,29)30)21-23-32-25-24-31-22-9-6-3/h4-26H2,1-3H3. The molecule has 0 aromatic carbocycles. The summed E-state index contributed by atoms with van der Waals surface area (Å²) >= 11 is 0. The van der Waals surface area contributed by atoms with Gasteiger partial charge in [-0.2, -0.15) is 0 Å². The highest BCUT2D eigenvalue weighted by Gasteiger charge is 2.26. The van der Waals surface area contributed by atoms with Crippen molar-refractivity contribution in [3.63, 3.8) is 0 Å². The fourth-order valence-corrected chi connectivity index (χ4v) is 4.88. The summed E-state index contributed by atoms with van der Waals surface area (Å²) < 4.78 is 45.7. The minimum absolute atomic E-state index is 0.244. The zero-order valence-electron chi connectivity index (χ0n) is 22.2. The molecule has 0 fully saturated rings. The topological polar surface area (TPSA) is 75.7 Å². The van der Waals surface area contributed by atoms with E-state index in [1.807, 2.05) is 0 Å². The van der Waals surface area contributed by atoms with E-state index in [0.717, 1.165) is 56.5 Å². The Morgan fingerprint density at radius 2 is 1.00 bits per heavy atom. The molecule has 0 aromatic rings. The first-order chi connectivity index (χ1) is 15.9. The second kappa shape index (κ2) is 22.3. The Balaban J connectivity index is 4.81. The summed E-state index contributed by atoms with van der Waals surface area (Å²) in [6, 6.07) is 0. The van der Waals surface area contributed by atoms with Gasteiger partial charge in [0.05, 0.1) is 49.6 Å². The zero-order valence-corrected chi connectivity index (χ0v) is 23.0. The minimum atomic E-state index is -4.13. The third kappa shape index (κ3) is 22.0. The van der Waals surface area contributed by atoms with Crippen LogP contribution in [0, 0.1) is 0 Å². The molecule has 200 valence electrons. The van der Waals surface area contributed by atoms with Crippen LogP contribution in [0.25, 0.3) is 0 Å². The second-order valence-corrected chi connectivity index (χ2v) is 11.1. The number of quaternary nitrogens is 1. The molecule has 0 saturated heterocycles. The molecule has 0 N–H and O–H groups in total. The molecule has 0 saturated carbocycles. The van der Waals surface area contributed by atoms with Crippen LogP contribution in [0.1, 0.15) is 111 Å². The number of ether oxygens (including phenoxy) is 2. The van der Waals surface area contributed by atoms with E-state index in [4.69, 9.17) is 9.47 Å². The van der Waals surface area contributed by atoms with Gasteiger partial charge in [-0.1, -0.05) is 65.7 Å². The average Bonchev–Trinajstić information content (AvgIpc) is 2.77. The lowest BCUT2D eigenvalue weighted by Gasteiger charge is -2.39. The van der Waals surface area contributed by atoms with Gasteiger partial charge in [-0.15, -0.1) is 0 Å². The van der Waals surface area contributed by atoms with Gasteiger partial charge in [0.25, 0.3) is 0 Å². The van der Waals surface area contributed by atoms with E-state index in [1.165, 1.54) is 64.2 Å². The van der Waals surface area contributed by atoms with Gasteiger partial charge in [0, 0.05) is 12.4 Å². The Labute approximate surface area is 206 Å².